The molecule has 0 aliphatic carbocycles. The van der Waals surface area contributed by atoms with Crippen LogP contribution in [-0.4, -0.2) is 29.8 Å². The molecule has 0 aliphatic heterocycles. The lowest BCUT2D eigenvalue weighted by Gasteiger charge is -2.21. The van der Waals surface area contributed by atoms with Gasteiger partial charge in [-0.15, -0.1) is 0 Å². The fraction of sp³-hybridized carbons (Fsp3) is 0.250. The minimum atomic E-state index is -0.235. The molecule has 0 radical (unpaired) electrons. The molecular weight excluding hydrogens is 350 g/mol. The van der Waals surface area contributed by atoms with Crippen LogP contribution in [0.5, 0.6) is 0 Å². The van der Waals surface area contributed by atoms with Gasteiger partial charge in [0, 0.05) is 31.5 Å². The van der Waals surface area contributed by atoms with E-state index in [1.165, 1.54) is 6.92 Å². The maximum absolute atomic E-state index is 12.2. The van der Waals surface area contributed by atoms with Gasteiger partial charge in [-0.3, -0.25) is 9.59 Å². The molecule has 0 heterocycles. The number of halogens is 1. The Balaban J connectivity index is 1.88. The molecule has 0 saturated heterocycles. The third kappa shape index (κ3) is 5.91. The summed E-state index contributed by atoms with van der Waals surface area (Å²) in [6, 6.07) is 16.3. The van der Waals surface area contributed by atoms with Gasteiger partial charge in [-0.05, 0) is 36.2 Å². The fourth-order valence-corrected chi connectivity index (χ4v) is 2.73. The molecule has 5 nitrogen and oxygen atoms in total. The van der Waals surface area contributed by atoms with Crippen LogP contribution in [0.15, 0.2) is 48.5 Å². The zero-order valence-electron chi connectivity index (χ0n) is 14.5. The Bertz CT molecular complexity index is 830. The second-order valence-corrected chi connectivity index (χ2v) is 6.28. The first-order valence-electron chi connectivity index (χ1n) is 8.28. The number of carbonyl (C=O) groups is 2. The van der Waals surface area contributed by atoms with Crippen molar-refractivity contribution < 1.29 is 9.59 Å². The van der Waals surface area contributed by atoms with Crippen molar-refractivity contribution in [2.45, 2.75) is 19.8 Å². The summed E-state index contributed by atoms with van der Waals surface area (Å²) >= 11 is 5.97. The van der Waals surface area contributed by atoms with Crippen molar-refractivity contribution in [3.05, 3.63) is 64.7 Å². The summed E-state index contributed by atoms with van der Waals surface area (Å²) < 4.78 is 0. The van der Waals surface area contributed by atoms with Crippen molar-refractivity contribution in [3.8, 4) is 6.07 Å². The second kappa shape index (κ2) is 9.59. The molecule has 0 aliphatic rings. The van der Waals surface area contributed by atoms with Crippen LogP contribution in [0.2, 0.25) is 5.02 Å². The third-order valence-corrected chi connectivity index (χ3v) is 4.17. The van der Waals surface area contributed by atoms with Crippen LogP contribution in [0, 0.1) is 11.3 Å². The van der Waals surface area contributed by atoms with Gasteiger partial charge >= 0.3 is 0 Å². The van der Waals surface area contributed by atoms with Crippen molar-refractivity contribution >= 4 is 29.1 Å². The summed E-state index contributed by atoms with van der Waals surface area (Å²) in [6.07, 6.45) is 0.827. The van der Waals surface area contributed by atoms with Crippen LogP contribution in [0.1, 0.15) is 24.5 Å². The molecule has 0 atom stereocenters. The van der Waals surface area contributed by atoms with Crippen molar-refractivity contribution in [3.63, 3.8) is 0 Å². The molecule has 2 aromatic rings. The van der Waals surface area contributed by atoms with E-state index in [4.69, 9.17) is 16.9 Å². The van der Waals surface area contributed by atoms with Gasteiger partial charge in [0.25, 0.3) is 0 Å². The average Bonchev–Trinajstić information content (AvgIpc) is 2.62. The number of nitrogens with zero attached hydrogens (tertiary/aromatic N) is 2. The molecular formula is C20H20ClN3O2. The number of para-hydroxylation sites is 1. The molecule has 0 bridgehead atoms. The first kappa shape index (κ1) is 19.5. The van der Waals surface area contributed by atoms with Crippen LogP contribution >= 0.6 is 11.6 Å². The number of benzene rings is 2. The van der Waals surface area contributed by atoms with E-state index in [9.17, 15) is 9.59 Å². The van der Waals surface area contributed by atoms with E-state index in [0.717, 1.165) is 5.56 Å². The zero-order valence-corrected chi connectivity index (χ0v) is 15.3. The summed E-state index contributed by atoms with van der Waals surface area (Å²) in [7, 11) is 0. The van der Waals surface area contributed by atoms with Crippen LogP contribution in [0.4, 0.5) is 5.69 Å². The van der Waals surface area contributed by atoms with Crippen molar-refractivity contribution in [1.82, 2.24) is 4.90 Å². The van der Waals surface area contributed by atoms with E-state index in [-0.39, 0.29) is 18.2 Å². The number of nitriles is 1. The average molecular weight is 370 g/mol. The van der Waals surface area contributed by atoms with Crippen LogP contribution < -0.4 is 5.32 Å². The standard InChI is InChI=1S/C20H20ClN3O2/c1-15(25)24(11-9-16-5-4-7-18(21)13-16)12-10-20(26)23-19-8-3-2-6-17(19)14-22/h2-8,13H,9-12H2,1H3,(H,23,26). The highest BCUT2D eigenvalue weighted by Gasteiger charge is 2.12. The molecule has 2 aromatic carbocycles. The first-order valence-corrected chi connectivity index (χ1v) is 8.66. The summed E-state index contributed by atoms with van der Waals surface area (Å²) in [5.74, 6) is -0.320. The highest BCUT2D eigenvalue weighted by atomic mass is 35.5. The Labute approximate surface area is 158 Å². The maximum Gasteiger partial charge on any atom is 0.226 e. The van der Waals surface area contributed by atoms with E-state index in [2.05, 4.69) is 5.32 Å². The number of anilines is 1. The minimum absolute atomic E-state index is 0.0859. The number of nitrogens with one attached hydrogen (secondary N) is 1. The van der Waals surface area contributed by atoms with Gasteiger partial charge in [0.2, 0.25) is 11.8 Å². The highest BCUT2D eigenvalue weighted by molar-refractivity contribution is 6.30. The van der Waals surface area contributed by atoms with Gasteiger partial charge in [-0.2, -0.15) is 5.26 Å². The Morgan fingerprint density at radius 1 is 1.15 bits per heavy atom. The molecule has 1 N–H and O–H groups in total. The van der Waals surface area contributed by atoms with E-state index in [1.807, 2.05) is 24.3 Å². The summed E-state index contributed by atoms with van der Waals surface area (Å²) in [5.41, 5.74) is 1.93. The third-order valence-electron chi connectivity index (χ3n) is 3.94. The molecule has 0 spiro atoms. The van der Waals surface area contributed by atoms with Gasteiger partial charge in [-0.25, -0.2) is 0 Å². The lowest BCUT2D eigenvalue weighted by atomic mass is 10.1. The Morgan fingerprint density at radius 2 is 1.92 bits per heavy atom. The predicted octanol–water partition coefficient (Wildman–Crippen LogP) is 3.63. The molecule has 2 amide bonds. The highest BCUT2D eigenvalue weighted by Crippen LogP contribution is 2.14. The molecule has 2 rings (SSSR count). The molecule has 134 valence electrons. The van der Waals surface area contributed by atoms with E-state index in [0.29, 0.717) is 35.8 Å². The molecule has 0 saturated carbocycles. The smallest absolute Gasteiger partial charge is 0.226 e. The predicted molar refractivity (Wildman–Crippen MR) is 102 cm³/mol. The second-order valence-electron chi connectivity index (χ2n) is 5.84. The summed E-state index contributed by atoms with van der Waals surface area (Å²) in [5, 5.41) is 12.4. The van der Waals surface area contributed by atoms with Crippen molar-refractivity contribution in [1.29, 1.82) is 5.26 Å². The fourth-order valence-electron chi connectivity index (χ4n) is 2.52. The lowest BCUT2D eigenvalue weighted by Crippen LogP contribution is -2.33. The molecule has 26 heavy (non-hydrogen) atoms. The van der Waals surface area contributed by atoms with Crippen molar-refractivity contribution in [2.75, 3.05) is 18.4 Å². The Hall–Kier alpha value is -2.84. The van der Waals surface area contributed by atoms with Gasteiger partial charge in [0.15, 0.2) is 0 Å². The first-order chi connectivity index (χ1) is 12.5. The lowest BCUT2D eigenvalue weighted by molar-refractivity contribution is -0.129. The monoisotopic (exact) mass is 369 g/mol. The molecule has 0 fully saturated rings. The van der Waals surface area contributed by atoms with Crippen LogP contribution in [-0.2, 0) is 16.0 Å². The van der Waals surface area contributed by atoms with Crippen molar-refractivity contribution in [2.24, 2.45) is 0 Å². The number of carbonyl (C=O) groups excluding carboxylic acids is 2. The number of hydrogen-bond donors (Lipinski definition) is 1. The van der Waals surface area contributed by atoms with E-state index < -0.39 is 0 Å². The van der Waals surface area contributed by atoms with Crippen LogP contribution in [0.25, 0.3) is 0 Å². The zero-order chi connectivity index (χ0) is 18.9. The van der Waals surface area contributed by atoms with E-state index >= 15 is 0 Å². The van der Waals surface area contributed by atoms with E-state index in [1.54, 1.807) is 35.2 Å². The summed E-state index contributed by atoms with van der Waals surface area (Å²) in [4.78, 5) is 25.6. The topological polar surface area (TPSA) is 73.2 Å². The number of amides is 2. The van der Waals surface area contributed by atoms with Gasteiger partial charge in [-0.1, -0.05) is 35.9 Å². The quantitative estimate of drug-likeness (QED) is 0.809. The Morgan fingerprint density at radius 3 is 2.62 bits per heavy atom. The summed E-state index contributed by atoms with van der Waals surface area (Å²) in [6.45, 7) is 2.31. The number of hydrogen-bond acceptors (Lipinski definition) is 3. The minimum Gasteiger partial charge on any atom is -0.342 e. The largest absolute Gasteiger partial charge is 0.342 e. The maximum atomic E-state index is 12.2. The van der Waals surface area contributed by atoms with Crippen LogP contribution in [0.3, 0.4) is 0 Å². The molecule has 6 heteroatoms. The SMILES string of the molecule is CC(=O)N(CCC(=O)Nc1ccccc1C#N)CCc1cccc(Cl)c1. The van der Waals surface area contributed by atoms with Gasteiger partial charge in [0.1, 0.15) is 6.07 Å². The normalized spacial score (nSPS) is 10.0. The molecule has 0 aromatic heterocycles. The van der Waals surface area contributed by atoms with Gasteiger partial charge in [0.05, 0.1) is 11.3 Å². The van der Waals surface area contributed by atoms with Gasteiger partial charge < -0.3 is 10.2 Å². The molecule has 0 unspecified atom stereocenters. The Kier molecular flexibility index (Phi) is 7.19. The number of rotatable bonds is 7.